The Labute approximate surface area is 107 Å². The van der Waals surface area contributed by atoms with Crippen molar-refractivity contribution in [1.29, 1.82) is 0 Å². The van der Waals surface area contributed by atoms with E-state index < -0.39 is 0 Å². The summed E-state index contributed by atoms with van der Waals surface area (Å²) in [5, 5.41) is 0. The second-order valence-electron chi connectivity index (χ2n) is 3.99. The number of nitrogens with zero attached hydrogens (tertiary/aromatic N) is 3. The quantitative estimate of drug-likeness (QED) is 0.877. The monoisotopic (exact) mass is 246 g/mol. The summed E-state index contributed by atoms with van der Waals surface area (Å²) in [6, 6.07) is 3.78. The topological polar surface area (TPSA) is 66.0 Å². The van der Waals surface area contributed by atoms with Crippen molar-refractivity contribution in [3.63, 3.8) is 0 Å². The summed E-state index contributed by atoms with van der Waals surface area (Å²) in [5.41, 5.74) is 7.98. The maximum atomic E-state index is 6.05. The highest BCUT2D eigenvalue weighted by molar-refractivity contribution is 5.34. The molecule has 0 amide bonds. The van der Waals surface area contributed by atoms with Crippen molar-refractivity contribution in [2.45, 2.75) is 26.3 Å². The Hall–Kier alpha value is -1.88. The van der Waals surface area contributed by atoms with Crippen LogP contribution in [-0.4, -0.2) is 21.1 Å². The third-order valence-corrected chi connectivity index (χ3v) is 2.78. The molecule has 0 radical (unpaired) electrons. The first kappa shape index (κ1) is 12.6. The van der Waals surface area contributed by atoms with Crippen molar-refractivity contribution in [2.24, 2.45) is 5.73 Å². The smallest absolute Gasteiger partial charge is 0.213 e. The molecule has 96 valence electrons. The highest BCUT2D eigenvalue weighted by Crippen LogP contribution is 2.19. The molecule has 0 saturated carbocycles. The fourth-order valence-electron chi connectivity index (χ4n) is 1.75. The van der Waals surface area contributed by atoms with Crippen LogP contribution in [0.3, 0.4) is 0 Å². The minimum Gasteiger partial charge on any atom is -0.478 e. The van der Waals surface area contributed by atoms with Gasteiger partial charge in [-0.05, 0) is 19.4 Å². The molecule has 5 nitrogen and oxygen atoms in total. The first-order valence-electron chi connectivity index (χ1n) is 6.13. The standard InChI is InChI=1S/C13H18N4O/c1-3-11(14)12-8-15-9-17(12)10-5-6-13(16-7-10)18-4-2/h5-9,11H,3-4,14H2,1-2H3/t11-/m1/s1. The van der Waals surface area contributed by atoms with Crippen LogP contribution in [-0.2, 0) is 0 Å². The molecule has 0 bridgehead atoms. The highest BCUT2D eigenvalue weighted by atomic mass is 16.5. The zero-order chi connectivity index (χ0) is 13.0. The van der Waals surface area contributed by atoms with Gasteiger partial charge in [0.05, 0.1) is 36.7 Å². The summed E-state index contributed by atoms with van der Waals surface area (Å²) < 4.78 is 7.27. The number of nitrogens with two attached hydrogens (primary N) is 1. The molecule has 5 heteroatoms. The van der Waals surface area contributed by atoms with Crippen molar-refractivity contribution in [3.8, 4) is 11.6 Å². The summed E-state index contributed by atoms with van der Waals surface area (Å²) in [5.74, 6) is 0.628. The molecule has 0 saturated heterocycles. The van der Waals surface area contributed by atoms with Gasteiger partial charge in [-0.2, -0.15) is 0 Å². The summed E-state index contributed by atoms with van der Waals surface area (Å²) in [6.07, 6.45) is 6.18. The van der Waals surface area contributed by atoms with E-state index in [1.807, 2.05) is 23.6 Å². The first-order valence-corrected chi connectivity index (χ1v) is 6.13. The molecular formula is C13H18N4O. The number of hydrogen-bond donors (Lipinski definition) is 1. The highest BCUT2D eigenvalue weighted by Gasteiger charge is 2.11. The number of pyridine rings is 1. The van der Waals surface area contributed by atoms with Crippen LogP contribution in [0.5, 0.6) is 5.88 Å². The fraction of sp³-hybridized carbons (Fsp3) is 0.385. The van der Waals surface area contributed by atoms with E-state index in [0.29, 0.717) is 12.5 Å². The third kappa shape index (κ3) is 2.51. The van der Waals surface area contributed by atoms with Crippen molar-refractivity contribution in [1.82, 2.24) is 14.5 Å². The minimum absolute atomic E-state index is 0.0148. The summed E-state index contributed by atoms with van der Waals surface area (Å²) in [4.78, 5) is 8.39. The number of ether oxygens (including phenoxy) is 1. The van der Waals surface area contributed by atoms with Crippen molar-refractivity contribution >= 4 is 0 Å². The molecule has 0 spiro atoms. The van der Waals surface area contributed by atoms with E-state index in [9.17, 15) is 0 Å². The third-order valence-electron chi connectivity index (χ3n) is 2.78. The number of imidazole rings is 1. The molecule has 2 rings (SSSR count). The lowest BCUT2D eigenvalue weighted by molar-refractivity contribution is 0.327. The van der Waals surface area contributed by atoms with Crippen molar-refractivity contribution < 1.29 is 4.74 Å². The SMILES string of the molecule is CCOc1ccc(-n2cncc2[C@H](N)CC)cn1. The predicted molar refractivity (Wildman–Crippen MR) is 69.7 cm³/mol. The van der Waals surface area contributed by atoms with Crippen LogP contribution in [0.1, 0.15) is 32.0 Å². The van der Waals surface area contributed by atoms with Crippen LogP contribution in [0.2, 0.25) is 0 Å². The molecule has 0 aromatic carbocycles. The van der Waals surface area contributed by atoms with Gasteiger partial charge in [-0.25, -0.2) is 9.97 Å². The van der Waals surface area contributed by atoms with Gasteiger partial charge in [-0.1, -0.05) is 6.92 Å². The molecular weight excluding hydrogens is 228 g/mol. The van der Waals surface area contributed by atoms with E-state index in [-0.39, 0.29) is 6.04 Å². The predicted octanol–water partition coefficient (Wildman–Crippen LogP) is 2.08. The van der Waals surface area contributed by atoms with Crippen LogP contribution in [0.15, 0.2) is 30.9 Å². The van der Waals surface area contributed by atoms with Gasteiger partial charge >= 0.3 is 0 Å². The minimum atomic E-state index is -0.0148. The molecule has 0 aliphatic rings. The second kappa shape index (κ2) is 5.64. The molecule has 0 aliphatic carbocycles. The van der Waals surface area contributed by atoms with E-state index in [4.69, 9.17) is 10.5 Å². The molecule has 0 fully saturated rings. The molecule has 0 unspecified atom stereocenters. The Kier molecular flexibility index (Phi) is 3.94. The molecule has 2 heterocycles. The zero-order valence-electron chi connectivity index (χ0n) is 10.7. The number of rotatable bonds is 5. The largest absolute Gasteiger partial charge is 0.478 e. The van der Waals surface area contributed by atoms with E-state index in [2.05, 4.69) is 16.9 Å². The summed E-state index contributed by atoms with van der Waals surface area (Å²) >= 11 is 0. The van der Waals surface area contributed by atoms with Gasteiger partial charge in [0.2, 0.25) is 5.88 Å². The Bertz CT molecular complexity index is 492. The van der Waals surface area contributed by atoms with E-state index in [0.717, 1.165) is 17.8 Å². The Morgan fingerprint density at radius 2 is 2.17 bits per heavy atom. The van der Waals surface area contributed by atoms with Gasteiger partial charge in [-0.3, -0.25) is 0 Å². The van der Waals surface area contributed by atoms with E-state index in [1.165, 1.54) is 0 Å². The van der Waals surface area contributed by atoms with Gasteiger partial charge in [0.25, 0.3) is 0 Å². The summed E-state index contributed by atoms with van der Waals surface area (Å²) in [7, 11) is 0. The lowest BCUT2D eigenvalue weighted by Crippen LogP contribution is -2.13. The normalized spacial score (nSPS) is 12.4. The van der Waals surface area contributed by atoms with E-state index in [1.54, 1.807) is 18.7 Å². The molecule has 2 aromatic heterocycles. The average molecular weight is 246 g/mol. The van der Waals surface area contributed by atoms with Crippen LogP contribution in [0.4, 0.5) is 0 Å². The lowest BCUT2D eigenvalue weighted by atomic mass is 10.2. The van der Waals surface area contributed by atoms with Crippen LogP contribution in [0, 0.1) is 0 Å². The number of hydrogen-bond acceptors (Lipinski definition) is 4. The summed E-state index contributed by atoms with van der Waals surface area (Å²) in [6.45, 7) is 4.60. The lowest BCUT2D eigenvalue weighted by Gasteiger charge is -2.12. The van der Waals surface area contributed by atoms with Gasteiger partial charge < -0.3 is 15.0 Å². The van der Waals surface area contributed by atoms with Gasteiger partial charge in [0.15, 0.2) is 0 Å². The fourth-order valence-corrected chi connectivity index (χ4v) is 1.75. The number of aromatic nitrogens is 3. The maximum absolute atomic E-state index is 6.05. The van der Waals surface area contributed by atoms with Crippen molar-refractivity contribution in [2.75, 3.05) is 6.61 Å². The molecule has 0 aliphatic heterocycles. The average Bonchev–Trinajstić information content (AvgIpc) is 2.88. The Morgan fingerprint density at radius 1 is 1.33 bits per heavy atom. The van der Waals surface area contributed by atoms with Crippen LogP contribution >= 0.6 is 0 Å². The van der Waals surface area contributed by atoms with Crippen LogP contribution < -0.4 is 10.5 Å². The zero-order valence-corrected chi connectivity index (χ0v) is 10.7. The van der Waals surface area contributed by atoms with Crippen molar-refractivity contribution in [3.05, 3.63) is 36.5 Å². The molecule has 1 atom stereocenters. The Balaban J connectivity index is 2.28. The molecule has 18 heavy (non-hydrogen) atoms. The molecule has 2 aromatic rings. The van der Waals surface area contributed by atoms with Gasteiger partial charge in [-0.15, -0.1) is 0 Å². The maximum Gasteiger partial charge on any atom is 0.213 e. The van der Waals surface area contributed by atoms with Crippen LogP contribution in [0.25, 0.3) is 5.69 Å². The van der Waals surface area contributed by atoms with Gasteiger partial charge in [0, 0.05) is 12.1 Å². The Morgan fingerprint density at radius 3 is 2.78 bits per heavy atom. The van der Waals surface area contributed by atoms with Gasteiger partial charge in [0.1, 0.15) is 0 Å². The molecule has 2 N–H and O–H groups in total. The van der Waals surface area contributed by atoms with E-state index >= 15 is 0 Å². The second-order valence-corrected chi connectivity index (χ2v) is 3.99. The first-order chi connectivity index (χ1) is 8.76.